The van der Waals surface area contributed by atoms with Gasteiger partial charge in [-0.15, -0.1) is 0 Å². The van der Waals surface area contributed by atoms with Crippen molar-refractivity contribution < 1.29 is 4.74 Å². The molecule has 2 aromatic carbocycles. The summed E-state index contributed by atoms with van der Waals surface area (Å²) in [5.74, 6) is 0.945. The van der Waals surface area contributed by atoms with Crippen molar-refractivity contribution in [3.05, 3.63) is 54.6 Å². The third kappa shape index (κ3) is 4.42. The predicted octanol–water partition coefficient (Wildman–Crippen LogP) is 3.68. The second-order valence-corrected chi connectivity index (χ2v) is 4.90. The lowest BCUT2D eigenvalue weighted by Crippen LogP contribution is -2.15. The van der Waals surface area contributed by atoms with Crippen molar-refractivity contribution >= 4 is 0 Å². The Labute approximate surface area is 115 Å². The molecule has 2 nitrogen and oxygen atoms in total. The van der Waals surface area contributed by atoms with Crippen molar-refractivity contribution in [3.63, 3.8) is 0 Å². The van der Waals surface area contributed by atoms with Gasteiger partial charge in [-0.05, 0) is 43.8 Å². The molecule has 0 unspecified atom stereocenters. The normalized spacial score (nSPS) is 10.7. The molecule has 0 bridgehead atoms. The van der Waals surface area contributed by atoms with Crippen LogP contribution in [0.5, 0.6) is 5.75 Å². The van der Waals surface area contributed by atoms with Crippen LogP contribution >= 0.6 is 0 Å². The topological polar surface area (TPSA) is 12.5 Å². The molecule has 0 aliphatic rings. The van der Waals surface area contributed by atoms with E-state index in [0.717, 1.165) is 25.3 Å². The van der Waals surface area contributed by atoms with E-state index in [1.807, 2.05) is 18.2 Å². The fourth-order valence-corrected chi connectivity index (χ4v) is 1.97. The summed E-state index contributed by atoms with van der Waals surface area (Å²) >= 11 is 0. The highest BCUT2D eigenvalue weighted by molar-refractivity contribution is 5.64. The van der Waals surface area contributed by atoms with Crippen molar-refractivity contribution in [2.24, 2.45) is 0 Å². The van der Waals surface area contributed by atoms with E-state index in [1.54, 1.807) is 0 Å². The molecule has 2 heteroatoms. The van der Waals surface area contributed by atoms with E-state index in [1.165, 1.54) is 11.1 Å². The van der Waals surface area contributed by atoms with Crippen LogP contribution in [0.4, 0.5) is 0 Å². The van der Waals surface area contributed by atoms with Gasteiger partial charge < -0.3 is 9.64 Å². The van der Waals surface area contributed by atoms with Crippen LogP contribution < -0.4 is 4.74 Å². The SMILES string of the molecule is CN(C)CCCOc1cccc(-c2ccccc2)c1. The average molecular weight is 255 g/mol. The number of ether oxygens (including phenoxy) is 1. The van der Waals surface area contributed by atoms with Gasteiger partial charge in [-0.3, -0.25) is 0 Å². The van der Waals surface area contributed by atoms with E-state index in [9.17, 15) is 0 Å². The summed E-state index contributed by atoms with van der Waals surface area (Å²) in [6.07, 6.45) is 1.04. The summed E-state index contributed by atoms with van der Waals surface area (Å²) in [6, 6.07) is 18.7. The Morgan fingerprint density at radius 1 is 0.895 bits per heavy atom. The molecular formula is C17H21NO. The van der Waals surface area contributed by atoms with Crippen molar-refractivity contribution in [1.82, 2.24) is 4.90 Å². The minimum Gasteiger partial charge on any atom is -0.494 e. The molecule has 0 amide bonds. The highest BCUT2D eigenvalue weighted by Crippen LogP contribution is 2.23. The van der Waals surface area contributed by atoms with Gasteiger partial charge in [0.1, 0.15) is 5.75 Å². The Kier molecular flexibility index (Phi) is 4.99. The molecule has 0 N–H and O–H groups in total. The molecule has 2 aromatic rings. The van der Waals surface area contributed by atoms with E-state index < -0.39 is 0 Å². The first kappa shape index (κ1) is 13.6. The Morgan fingerprint density at radius 2 is 1.63 bits per heavy atom. The van der Waals surface area contributed by atoms with Crippen LogP contribution in [0.3, 0.4) is 0 Å². The van der Waals surface area contributed by atoms with Gasteiger partial charge in [0, 0.05) is 6.54 Å². The quantitative estimate of drug-likeness (QED) is 0.730. The third-order valence-electron chi connectivity index (χ3n) is 2.96. The standard InChI is InChI=1S/C17H21NO/c1-18(2)12-7-13-19-17-11-6-10-16(14-17)15-8-4-3-5-9-15/h3-6,8-11,14H,7,12-13H2,1-2H3. The summed E-state index contributed by atoms with van der Waals surface area (Å²) in [4.78, 5) is 2.17. The van der Waals surface area contributed by atoms with E-state index >= 15 is 0 Å². The van der Waals surface area contributed by atoms with E-state index in [4.69, 9.17) is 4.74 Å². The Morgan fingerprint density at radius 3 is 2.37 bits per heavy atom. The van der Waals surface area contributed by atoms with Gasteiger partial charge in [0.15, 0.2) is 0 Å². The third-order valence-corrected chi connectivity index (χ3v) is 2.96. The van der Waals surface area contributed by atoms with Crippen LogP contribution in [-0.4, -0.2) is 32.1 Å². The molecular weight excluding hydrogens is 234 g/mol. The van der Waals surface area contributed by atoms with Gasteiger partial charge in [-0.25, -0.2) is 0 Å². The molecule has 0 spiro atoms. The minimum atomic E-state index is 0.760. The van der Waals surface area contributed by atoms with Crippen LogP contribution in [0, 0.1) is 0 Å². The fourth-order valence-electron chi connectivity index (χ4n) is 1.97. The molecule has 100 valence electrons. The fraction of sp³-hybridized carbons (Fsp3) is 0.294. The van der Waals surface area contributed by atoms with Gasteiger partial charge in [-0.2, -0.15) is 0 Å². The Balaban J connectivity index is 1.96. The van der Waals surface area contributed by atoms with Crippen molar-refractivity contribution in [1.29, 1.82) is 0 Å². The van der Waals surface area contributed by atoms with Gasteiger partial charge >= 0.3 is 0 Å². The summed E-state index contributed by atoms with van der Waals surface area (Å²) in [7, 11) is 4.16. The molecule has 19 heavy (non-hydrogen) atoms. The number of rotatable bonds is 6. The number of nitrogens with zero attached hydrogens (tertiary/aromatic N) is 1. The van der Waals surface area contributed by atoms with Gasteiger partial charge in [-0.1, -0.05) is 42.5 Å². The first-order valence-corrected chi connectivity index (χ1v) is 6.69. The Bertz CT molecular complexity index is 494. The lowest BCUT2D eigenvalue weighted by molar-refractivity contribution is 0.281. The largest absolute Gasteiger partial charge is 0.494 e. The molecule has 0 aliphatic carbocycles. The predicted molar refractivity (Wildman–Crippen MR) is 80.5 cm³/mol. The monoisotopic (exact) mass is 255 g/mol. The lowest BCUT2D eigenvalue weighted by atomic mass is 10.1. The van der Waals surface area contributed by atoms with Gasteiger partial charge in [0.25, 0.3) is 0 Å². The zero-order valence-corrected chi connectivity index (χ0v) is 11.7. The molecule has 2 rings (SSSR count). The number of benzene rings is 2. The summed E-state index contributed by atoms with van der Waals surface area (Å²) in [5.41, 5.74) is 2.42. The van der Waals surface area contributed by atoms with Gasteiger partial charge in [0.05, 0.1) is 6.61 Å². The van der Waals surface area contributed by atoms with Crippen LogP contribution in [0.2, 0.25) is 0 Å². The maximum absolute atomic E-state index is 5.79. The first-order chi connectivity index (χ1) is 9.25. The molecule has 0 saturated heterocycles. The molecule has 0 aromatic heterocycles. The highest BCUT2D eigenvalue weighted by atomic mass is 16.5. The second-order valence-electron chi connectivity index (χ2n) is 4.90. The maximum Gasteiger partial charge on any atom is 0.119 e. The smallest absolute Gasteiger partial charge is 0.119 e. The first-order valence-electron chi connectivity index (χ1n) is 6.69. The molecule has 0 fully saturated rings. The second kappa shape index (κ2) is 6.95. The zero-order chi connectivity index (χ0) is 13.5. The van der Waals surface area contributed by atoms with Crippen LogP contribution in [0.1, 0.15) is 6.42 Å². The van der Waals surface area contributed by atoms with Gasteiger partial charge in [0.2, 0.25) is 0 Å². The number of hydrogen-bond donors (Lipinski definition) is 0. The molecule has 0 radical (unpaired) electrons. The van der Waals surface area contributed by atoms with Crippen LogP contribution in [-0.2, 0) is 0 Å². The maximum atomic E-state index is 5.79. The lowest BCUT2D eigenvalue weighted by Gasteiger charge is -2.11. The highest BCUT2D eigenvalue weighted by Gasteiger charge is 1.99. The summed E-state index contributed by atoms with van der Waals surface area (Å²) in [5, 5.41) is 0. The van der Waals surface area contributed by atoms with Crippen LogP contribution in [0.25, 0.3) is 11.1 Å². The van der Waals surface area contributed by atoms with E-state index in [-0.39, 0.29) is 0 Å². The average Bonchev–Trinajstić information content (AvgIpc) is 2.45. The Hall–Kier alpha value is -1.80. The molecule has 0 aliphatic heterocycles. The summed E-state index contributed by atoms with van der Waals surface area (Å²) < 4.78 is 5.79. The van der Waals surface area contributed by atoms with E-state index in [2.05, 4.69) is 55.4 Å². The van der Waals surface area contributed by atoms with Crippen molar-refractivity contribution in [2.75, 3.05) is 27.2 Å². The van der Waals surface area contributed by atoms with Crippen molar-refractivity contribution in [2.45, 2.75) is 6.42 Å². The zero-order valence-electron chi connectivity index (χ0n) is 11.7. The molecule has 0 saturated carbocycles. The minimum absolute atomic E-state index is 0.760. The van der Waals surface area contributed by atoms with Crippen molar-refractivity contribution in [3.8, 4) is 16.9 Å². The number of hydrogen-bond acceptors (Lipinski definition) is 2. The molecule has 0 heterocycles. The summed E-state index contributed by atoms with van der Waals surface area (Å²) in [6.45, 7) is 1.81. The van der Waals surface area contributed by atoms with Crippen LogP contribution in [0.15, 0.2) is 54.6 Å². The van der Waals surface area contributed by atoms with E-state index in [0.29, 0.717) is 0 Å². The molecule has 0 atom stereocenters.